The normalized spacial score (nSPS) is 14.7. The molecule has 0 unspecified atom stereocenters. The van der Waals surface area contributed by atoms with Crippen LogP contribution in [0.3, 0.4) is 0 Å². The van der Waals surface area contributed by atoms with E-state index in [1.165, 1.54) is 24.3 Å². The quantitative estimate of drug-likeness (QED) is 0.332. The Kier molecular flexibility index (Phi) is 7.07. The minimum absolute atomic E-state index is 0.0777. The number of carbonyl (C=O) groups is 1. The van der Waals surface area contributed by atoms with E-state index in [1.54, 1.807) is 43.9 Å². The van der Waals surface area contributed by atoms with Gasteiger partial charge in [0.1, 0.15) is 11.4 Å². The molecule has 1 N–H and O–H groups in total. The second kappa shape index (κ2) is 9.85. The van der Waals surface area contributed by atoms with Gasteiger partial charge in [-0.15, -0.1) is 13.2 Å². The Bertz CT molecular complexity index is 1330. The van der Waals surface area contributed by atoms with Gasteiger partial charge in [-0.1, -0.05) is 18.2 Å². The van der Waals surface area contributed by atoms with Gasteiger partial charge in [-0.05, 0) is 79.8 Å². The van der Waals surface area contributed by atoms with Crippen LogP contribution in [0.25, 0.3) is 11.1 Å². The Hall–Kier alpha value is -3.76. The Morgan fingerprint density at radius 1 is 1.00 bits per heavy atom. The summed E-state index contributed by atoms with van der Waals surface area (Å²) in [5.41, 5.74) is 1.36. The third-order valence-electron chi connectivity index (χ3n) is 6.38. The van der Waals surface area contributed by atoms with E-state index < -0.39 is 23.8 Å². The van der Waals surface area contributed by atoms with Gasteiger partial charge in [0.25, 0.3) is 0 Å². The van der Waals surface area contributed by atoms with Gasteiger partial charge < -0.3 is 15.0 Å². The highest BCUT2D eigenvalue weighted by atomic mass is 19.4. The number of anilines is 2. The predicted octanol–water partition coefficient (Wildman–Crippen LogP) is 7.45. The third-order valence-corrected chi connectivity index (χ3v) is 6.38. The Morgan fingerprint density at radius 3 is 2.32 bits per heavy atom. The monoisotopic (exact) mass is 537 g/mol. The van der Waals surface area contributed by atoms with Gasteiger partial charge in [0.15, 0.2) is 0 Å². The Labute approximate surface area is 215 Å². The van der Waals surface area contributed by atoms with E-state index in [0.29, 0.717) is 53.0 Å². The minimum atomic E-state index is -4.86. The van der Waals surface area contributed by atoms with Crippen LogP contribution in [0, 0.1) is 6.92 Å². The topological polar surface area (TPSA) is 54.5 Å². The van der Waals surface area contributed by atoms with Crippen LogP contribution in [0.5, 0.6) is 5.75 Å². The maximum Gasteiger partial charge on any atom is 0.573 e. The largest absolute Gasteiger partial charge is 0.573 e. The first-order chi connectivity index (χ1) is 17.6. The number of amides is 1. The molecule has 202 valence electrons. The first kappa shape index (κ1) is 27.3. The van der Waals surface area contributed by atoms with E-state index in [4.69, 9.17) is 0 Å². The fraction of sp³-hybridized carbons (Fsp3) is 0.333. The summed E-state index contributed by atoms with van der Waals surface area (Å²) in [5, 5.41) is 3.33. The molecule has 1 saturated heterocycles. The van der Waals surface area contributed by atoms with Gasteiger partial charge in [-0.25, -0.2) is 0 Å². The summed E-state index contributed by atoms with van der Waals surface area (Å²) in [5.74, 6) is -0.464. The summed E-state index contributed by atoms with van der Waals surface area (Å²) in [6.45, 7) is 5.79. The lowest BCUT2D eigenvalue weighted by atomic mass is 9.92. The van der Waals surface area contributed by atoms with Crippen LogP contribution in [0.4, 0.5) is 37.7 Å². The number of halogens is 6. The average Bonchev–Trinajstić information content (AvgIpc) is 3.24. The maximum absolute atomic E-state index is 13.0. The van der Waals surface area contributed by atoms with Crippen LogP contribution in [0.2, 0.25) is 0 Å². The number of carbonyl (C=O) groups excluding carboxylic acids is 1. The first-order valence-corrected chi connectivity index (χ1v) is 11.8. The number of ether oxygens (including phenoxy) is 1. The first-order valence-electron chi connectivity index (χ1n) is 11.8. The van der Waals surface area contributed by atoms with Crippen LogP contribution in [-0.2, 0) is 16.5 Å². The fourth-order valence-corrected chi connectivity index (χ4v) is 4.41. The van der Waals surface area contributed by atoms with Gasteiger partial charge in [-0.2, -0.15) is 13.2 Å². The molecule has 0 aliphatic carbocycles. The lowest BCUT2D eigenvalue weighted by Crippen LogP contribution is -2.29. The zero-order valence-corrected chi connectivity index (χ0v) is 20.8. The molecule has 38 heavy (non-hydrogen) atoms. The van der Waals surface area contributed by atoms with Gasteiger partial charge in [0, 0.05) is 30.5 Å². The maximum atomic E-state index is 13.0. The zero-order valence-electron chi connectivity index (χ0n) is 20.8. The average molecular weight is 538 g/mol. The number of aromatic nitrogens is 1. The molecule has 2 heterocycles. The van der Waals surface area contributed by atoms with Crippen LogP contribution < -0.4 is 15.0 Å². The molecule has 1 aliphatic heterocycles. The summed E-state index contributed by atoms with van der Waals surface area (Å²) >= 11 is 0. The van der Waals surface area contributed by atoms with Crippen LogP contribution in [-0.4, -0.2) is 23.8 Å². The molecule has 0 radical (unpaired) electrons. The molecule has 4 rings (SSSR count). The van der Waals surface area contributed by atoms with Crippen molar-refractivity contribution in [1.82, 2.24) is 4.98 Å². The van der Waals surface area contributed by atoms with Gasteiger partial charge in [0.2, 0.25) is 5.91 Å². The summed E-state index contributed by atoms with van der Waals surface area (Å²) in [7, 11) is 0. The second-order valence-corrected chi connectivity index (χ2v) is 9.57. The molecule has 1 aromatic heterocycles. The molecule has 2 aromatic carbocycles. The third kappa shape index (κ3) is 6.03. The van der Waals surface area contributed by atoms with Crippen molar-refractivity contribution in [2.45, 2.75) is 51.7 Å². The standard InChI is InChI=1S/C27H25F6N3O2/c1-16-21(17-6-4-7-20(12-17)38-27(31,32)33)13-19(36-11-5-8-24(36)37)14-22(16)35-25(2,3)18-9-10-23(34-15-18)26(28,29)30/h4,6-7,9-10,12-15,35H,5,8,11H2,1-3H3. The molecule has 1 amide bonds. The number of hydrogen-bond acceptors (Lipinski definition) is 4. The molecule has 1 fully saturated rings. The summed E-state index contributed by atoms with van der Waals surface area (Å²) in [6, 6.07) is 11.3. The summed E-state index contributed by atoms with van der Waals surface area (Å²) < 4.78 is 81.5. The van der Waals surface area contributed by atoms with E-state index in [9.17, 15) is 31.1 Å². The molecule has 5 nitrogen and oxygen atoms in total. The zero-order chi connectivity index (χ0) is 27.9. The molecular weight excluding hydrogens is 512 g/mol. The smallest absolute Gasteiger partial charge is 0.406 e. The van der Waals surface area contributed by atoms with Crippen LogP contribution >= 0.6 is 0 Å². The van der Waals surface area contributed by atoms with Gasteiger partial charge >= 0.3 is 12.5 Å². The SMILES string of the molecule is Cc1c(NC(C)(C)c2ccc(C(F)(F)F)nc2)cc(N2CCCC2=O)cc1-c1cccc(OC(F)(F)F)c1. The van der Waals surface area contributed by atoms with Gasteiger partial charge in [0.05, 0.1) is 5.54 Å². The van der Waals surface area contributed by atoms with Crippen molar-refractivity contribution in [1.29, 1.82) is 0 Å². The van der Waals surface area contributed by atoms with Crippen LogP contribution in [0.15, 0.2) is 54.7 Å². The van der Waals surface area contributed by atoms with Crippen molar-refractivity contribution in [2.75, 3.05) is 16.8 Å². The summed E-state index contributed by atoms with van der Waals surface area (Å²) in [4.78, 5) is 17.7. The second-order valence-electron chi connectivity index (χ2n) is 9.57. The molecule has 1 aliphatic rings. The Morgan fingerprint density at radius 2 is 1.74 bits per heavy atom. The molecule has 3 aromatic rings. The lowest BCUT2D eigenvalue weighted by Gasteiger charge is -2.31. The van der Waals surface area contributed by atoms with Gasteiger partial charge in [-0.3, -0.25) is 9.78 Å². The van der Waals surface area contributed by atoms with Crippen LogP contribution in [0.1, 0.15) is 43.5 Å². The van der Waals surface area contributed by atoms with Crippen molar-refractivity contribution in [3.8, 4) is 16.9 Å². The minimum Gasteiger partial charge on any atom is -0.406 e. The molecule has 0 spiro atoms. The molecule has 0 bridgehead atoms. The van der Waals surface area contributed by atoms with Crippen molar-refractivity contribution >= 4 is 17.3 Å². The van der Waals surface area contributed by atoms with Crippen molar-refractivity contribution in [3.63, 3.8) is 0 Å². The highest BCUT2D eigenvalue weighted by molar-refractivity contribution is 5.97. The highest BCUT2D eigenvalue weighted by Crippen LogP contribution is 2.39. The van der Waals surface area contributed by atoms with E-state index >= 15 is 0 Å². The number of nitrogens with one attached hydrogen (secondary N) is 1. The number of nitrogens with zero attached hydrogens (tertiary/aromatic N) is 2. The van der Waals surface area contributed by atoms with Crippen molar-refractivity contribution in [2.24, 2.45) is 0 Å². The molecular formula is C27H25F6N3O2. The molecule has 0 saturated carbocycles. The number of rotatable bonds is 6. The number of benzene rings is 2. The molecule has 0 atom stereocenters. The van der Waals surface area contributed by atoms with E-state index in [2.05, 4.69) is 15.0 Å². The van der Waals surface area contributed by atoms with Crippen molar-refractivity contribution in [3.05, 3.63) is 71.5 Å². The Balaban J connectivity index is 1.77. The number of alkyl halides is 6. The number of pyridine rings is 1. The molecule has 11 heteroatoms. The lowest BCUT2D eigenvalue weighted by molar-refractivity contribution is -0.274. The highest BCUT2D eigenvalue weighted by Gasteiger charge is 2.34. The number of hydrogen-bond donors (Lipinski definition) is 1. The van der Waals surface area contributed by atoms with E-state index in [-0.39, 0.29) is 11.7 Å². The van der Waals surface area contributed by atoms with E-state index in [1.807, 2.05) is 0 Å². The van der Waals surface area contributed by atoms with Crippen molar-refractivity contribution < 1.29 is 35.9 Å². The fourth-order valence-electron chi connectivity index (χ4n) is 4.41. The van der Waals surface area contributed by atoms with E-state index in [0.717, 1.165) is 12.3 Å². The summed E-state index contributed by atoms with van der Waals surface area (Å²) in [6.07, 6.45) is -7.23. The predicted molar refractivity (Wildman–Crippen MR) is 131 cm³/mol.